The quantitative estimate of drug-likeness (QED) is 0.458. The molecule has 162 valence electrons. The largest absolute Gasteiger partial charge is 0.493 e. The Bertz CT molecular complexity index is 998. The Morgan fingerprint density at radius 2 is 2.00 bits per heavy atom. The van der Waals surface area contributed by atoms with Crippen molar-refractivity contribution in [3.63, 3.8) is 0 Å². The van der Waals surface area contributed by atoms with Gasteiger partial charge in [0.2, 0.25) is 0 Å². The molecular weight excluding hydrogens is 380 g/mol. The van der Waals surface area contributed by atoms with E-state index in [1.54, 1.807) is 12.1 Å². The van der Waals surface area contributed by atoms with Gasteiger partial charge in [0.1, 0.15) is 11.3 Å². The molecule has 0 unspecified atom stereocenters. The maximum atomic E-state index is 11.5. The number of carbonyl (C=O) groups is 1. The lowest BCUT2D eigenvalue weighted by atomic mass is 9.57. The molecule has 0 aliphatic heterocycles. The van der Waals surface area contributed by atoms with Crippen LogP contribution in [-0.2, 0) is 4.79 Å². The second kappa shape index (κ2) is 9.07. The molecule has 0 saturated heterocycles. The summed E-state index contributed by atoms with van der Waals surface area (Å²) in [5.41, 5.74) is 2.85. The van der Waals surface area contributed by atoms with Crippen LogP contribution in [0.25, 0.3) is 11.0 Å². The van der Waals surface area contributed by atoms with Crippen molar-refractivity contribution in [2.24, 2.45) is 17.3 Å². The molecule has 0 spiro atoms. The number of aliphatic carboxylic acids is 1. The van der Waals surface area contributed by atoms with E-state index >= 15 is 0 Å². The minimum Gasteiger partial charge on any atom is -0.493 e. The molecule has 1 saturated carbocycles. The highest BCUT2D eigenvalue weighted by Gasteiger charge is 2.44. The van der Waals surface area contributed by atoms with Gasteiger partial charge in [-0.05, 0) is 75.0 Å². The van der Waals surface area contributed by atoms with Crippen LogP contribution in [0.15, 0.2) is 50.7 Å². The smallest absolute Gasteiger partial charge is 0.336 e. The van der Waals surface area contributed by atoms with Crippen LogP contribution >= 0.6 is 0 Å². The summed E-state index contributed by atoms with van der Waals surface area (Å²) in [6.45, 7) is 9.37. The Labute approximate surface area is 177 Å². The highest BCUT2D eigenvalue weighted by atomic mass is 16.5. The molecule has 2 aromatic rings. The number of allylic oxidation sites excluding steroid dienone is 2. The molecule has 5 heteroatoms. The molecule has 1 aromatic carbocycles. The summed E-state index contributed by atoms with van der Waals surface area (Å²) < 4.78 is 11.3. The van der Waals surface area contributed by atoms with Crippen LogP contribution < -0.4 is 10.4 Å². The summed E-state index contributed by atoms with van der Waals surface area (Å²) in [5, 5.41) is 10.1. The maximum Gasteiger partial charge on any atom is 0.336 e. The van der Waals surface area contributed by atoms with Gasteiger partial charge in [0.15, 0.2) is 0 Å². The van der Waals surface area contributed by atoms with E-state index in [4.69, 9.17) is 9.15 Å². The van der Waals surface area contributed by atoms with Crippen molar-refractivity contribution in [1.29, 1.82) is 0 Å². The minimum atomic E-state index is -0.738. The van der Waals surface area contributed by atoms with E-state index in [0.29, 0.717) is 30.3 Å². The van der Waals surface area contributed by atoms with Gasteiger partial charge >= 0.3 is 11.6 Å². The number of hydrogen-bond acceptors (Lipinski definition) is 4. The van der Waals surface area contributed by atoms with E-state index < -0.39 is 5.97 Å². The fraction of sp³-hybridized carbons (Fsp3) is 0.520. The zero-order valence-corrected chi connectivity index (χ0v) is 18.4. The van der Waals surface area contributed by atoms with E-state index in [9.17, 15) is 14.7 Å². The molecule has 3 rings (SSSR count). The highest BCUT2D eigenvalue weighted by molar-refractivity contribution is 5.77. The standard InChI is InChI=1S/C25H32O5/c1-16(2)20-9-5-17(3)25(4,21(20)10-11-23(26)27)13-14-29-19-8-6-18-7-12-24(28)30-22(18)15-19/h6-8,12,15,17,21H,5,9-11,13-14H2,1-4H3,(H,26,27)/t17-,21+,25-/m1/s1. The van der Waals surface area contributed by atoms with Crippen LogP contribution in [0.5, 0.6) is 5.75 Å². The molecule has 0 bridgehead atoms. The second-order valence-electron chi connectivity index (χ2n) is 9.01. The number of hydrogen-bond donors (Lipinski definition) is 1. The normalized spacial score (nSPS) is 24.1. The van der Waals surface area contributed by atoms with Crippen LogP contribution in [0.2, 0.25) is 0 Å². The first-order valence-corrected chi connectivity index (χ1v) is 10.8. The first kappa shape index (κ1) is 22.1. The molecule has 1 N–H and O–H groups in total. The van der Waals surface area contributed by atoms with Crippen LogP contribution in [-0.4, -0.2) is 17.7 Å². The van der Waals surface area contributed by atoms with Crippen LogP contribution in [0.4, 0.5) is 0 Å². The van der Waals surface area contributed by atoms with Crippen molar-refractivity contribution in [3.05, 3.63) is 51.9 Å². The Kier molecular flexibility index (Phi) is 6.69. The average Bonchev–Trinajstić information content (AvgIpc) is 2.68. The first-order chi connectivity index (χ1) is 14.2. The van der Waals surface area contributed by atoms with E-state index in [1.807, 2.05) is 12.1 Å². The zero-order chi connectivity index (χ0) is 21.9. The minimum absolute atomic E-state index is 0.0241. The summed E-state index contributed by atoms with van der Waals surface area (Å²) in [6.07, 6.45) is 3.85. The van der Waals surface area contributed by atoms with Gasteiger partial charge in [-0.2, -0.15) is 0 Å². The third-order valence-corrected chi connectivity index (χ3v) is 6.98. The van der Waals surface area contributed by atoms with Gasteiger partial charge in [-0.15, -0.1) is 0 Å². The van der Waals surface area contributed by atoms with Crippen LogP contribution in [0.3, 0.4) is 0 Å². The number of carboxylic acids is 1. The van der Waals surface area contributed by atoms with Crippen molar-refractivity contribution < 1.29 is 19.1 Å². The molecule has 5 nitrogen and oxygen atoms in total. The van der Waals surface area contributed by atoms with Crippen molar-refractivity contribution in [2.75, 3.05) is 6.61 Å². The molecule has 0 radical (unpaired) electrons. The van der Waals surface area contributed by atoms with Crippen molar-refractivity contribution in [3.8, 4) is 5.75 Å². The summed E-state index contributed by atoms with van der Waals surface area (Å²) in [7, 11) is 0. The predicted octanol–water partition coefficient (Wildman–Crippen LogP) is 5.82. The number of rotatable bonds is 7. The first-order valence-electron chi connectivity index (χ1n) is 10.8. The fourth-order valence-corrected chi connectivity index (χ4v) is 4.93. The van der Waals surface area contributed by atoms with Crippen molar-refractivity contribution in [2.45, 2.75) is 59.8 Å². The molecule has 0 amide bonds. The Hall–Kier alpha value is -2.56. The zero-order valence-electron chi connectivity index (χ0n) is 18.4. The SMILES string of the molecule is CC(C)=C1CC[C@@H](C)[C@@](C)(CCOc2ccc3ccc(=O)oc3c2)[C@H]1CCC(=O)O. The van der Waals surface area contributed by atoms with Gasteiger partial charge < -0.3 is 14.3 Å². The molecule has 1 aliphatic rings. The third kappa shape index (κ3) is 4.77. The summed E-state index contributed by atoms with van der Waals surface area (Å²) >= 11 is 0. The Balaban J connectivity index is 1.77. The van der Waals surface area contributed by atoms with Gasteiger partial charge in [0.05, 0.1) is 6.61 Å². The van der Waals surface area contributed by atoms with Gasteiger partial charge in [0, 0.05) is 23.9 Å². The molecule has 1 aliphatic carbocycles. The van der Waals surface area contributed by atoms with Gasteiger partial charge in [-0.1, -0.05) is 25.0 Å². The van der Waals surface area contributed by atoms with Crippen LogP contribution in [0, 0.1) is 17.3 Å². The van der Waals surface area contributed by atoms with E-state index in [2.05, 4.69) is 27.7 Å². The number of ether oxygens (including phenoxy) is 1. The van der Waals surface area contributed by atoms with E-state index in [-0.39, 0.29) is 23.4 Å². The summed E-state index contributed by atoms with van der Waals surface area (Å²) in [6, 6.07) is 8.68. The molecule has 3 atom stereocenters. The molecule has 1 heterocycles. The van der Waals surface area contributed by atoms with E-state index in [1.165, 1.54) is 17.2 Å². The average molecular weight is 413 g/mol. The lowest BCUT2D eigenvalue weighted by Crippen LogP contribution is -2.41. The lowest BCUT2D eigenvalue weighted by molar-refractivity contribution is -0.137. The molecule has 30 heavy (non-hydrogen) atoms. The number of carboxylic acid groups (broad SMARTS) is 1. The number of fused-ring (bicyclic) bond motifs is 1. The molecule has 1 fully saturated rings. The van der Waals surface area contributed by atoms with Gasteiger partial charge in [0.25, 0.3) is 0 Å². The summed E-state index contributed by atoms with van der Waals surface area (Å²) in [4.78, 5) is 22.7. The maximum absolute atomic E-state index is 11.5. The lowest BCUT2D eigenvalue weighted by Gasteiger charge is -2.48. The molecular formula is C25H32O5. The number of benzene rings is 1. The van der Waals surface area contributed by atoms with Crippen LogP contribution in [0.1, 0.15) is 59.8 Å². The van der Waals surface area contributed by atoms with Crippen molar-refractivity contribution >= 4 is 16.9 Å². The third-order valence-electron chi connectivity index (χ3n) is 6.98. The second-order valence-corrected chi connectivity index (χ2v) is 9.01. The van der Waals surface area contributed by atoms with E-state index in [0.717, 1.165) is 24.6 Å². The molecule has 1 aromatic heterocycles. The fourth-order valence-electron chi connectivity index (χ4n) is 4.93. The Morgan fingerprint density at radius 3 is 2.70 bits per heavy atom. The highest BCUT2D eigenvalue weighted by Crippen LogP contribution is 2.52. The predicted molar refractivity (Wildman–Crippen MR) is 118 cm³/mol. The van der Waals surface area contributed by atoms with Gasteiger partial charge in [-0.25, -0.2) is 4.79 Å². The monoisotopic (exact) mass is 412 g/mol. The van der Waals surface area contributed by atoms with Crippen molar-refractivity contribution in [1.82, 2.24) is 0 Å². The topological polar surface area (TPSA) is 76.7 Å². The Morgan fingerprint density at radius 1 is 1.27 bits per heavy atom. The van der Waals surface area contributed by atoms with Gasteiger partial charge in [-0.3, -0.25) is 4.79 Å². The summed E-state index contributed by atoms with van der Waals surface area (Å²) in [5.74, 6) is 0.671.